The third-order valence-corrected chi connectivity index (χ3v) is 6.47. The summed E-state index contributed by atoms with van der Waals surface area (Å²) in [6.07, 6.45) is 5.15. The Kier molecular flexibility index (Phi) is 7.94. The van der Waals surface area contributed by atoms with Gasteiger partial charge in [-0.1, -0.05) is 24.3 Å². The fraction of sp³-hybridized carbons (Fsp3) is 0.304. The second-order valence-corrected chi connectivity index (χ2v) is 8.86. The third kappa shape index (κ3) is 5.64. The highest BCUT2D eigenvalue weighted by Gasteiger charge is 2.18. The fourth-order valence-corrected chi connectivity index (χ4v) is 4.35. The summed E-state index contributed by atoms with van der Waals surface area (Å²) in [6.45, 7) is 9.19. The molecule has 0 spiro atoms. The lowest BCUT2D eigenvalue weighted by Crippen LogP contribution is -2.48. The van der Waals surface area contributed by atoms with Gasteiger partial charge in [-0.3, -0.25) is 9.98 Å². The van der Waals surface area contributed by atoms with Crippen LogP contribution in [0.5, 0.6) is 0 Å². The van der Waals surface area contributed by atoms with Gasteiger partial charge in [0.1, 0.15) is 18.0 Å². The molecule has 4 rings (SSSR count). The van der Waals surface area contributed by atoms with Crippen molar-refractivity contribution in [2.45, 2.75) is 13.5 Å². The molecular formula is C23H27ClN8OS. The van der Waals surface area contributed by atoms with Crippen molar-refractivity contribution in [3.05, 3.63) is 63.6 Å². The van der Waals surface area contributed by atoms with Crippen molar-refractivity contribution in [1.29, 1.82) is 0 Å². The van der Waals surface area contributed by atoms with Gasteiger partial charge in [0.15, 0.2) is 0 Å². The average molecular weight is 499 g/mol. The van der Waals surface area contributed by atoms with E-state index in [0.29, 0.717) is 30.7 Å². The number of H-pyrrole nitrogens is 1. The van der Waals surface area contributed by atoms with Gasteiger partial charge in [0.2, 0.25) is 5.96 Å². The molecule has 3 N–H and O–H groups in total. The largest absolute Gasteiger partial charge is 0.378 e. The molecular weight excluding hydrogens is 472 g/mol. The van der Waals surface area contributed by atoms with Gasteiger partial charge in [-0.2, -0.15) is 0 Å². The molecule has 178 valence electrons. The zero-order valence-corrected chi connectivity index (χ0v) is 20.7. The van der Waals surface area contributed by atoms with E-state index in [2.05, 4.69) is 47.0 Å². The Morgan fingerprint density at radius 3 is 2.91 bits per heavy atom. The third-order valence-electron chi connectivity index (χ3n) is 5.26. The lowest BCUT2D eigenvalue weighted by Gasteiger charge is -2.31. The Morgan fingerprint density at radius 1 is 1.38 bits per heavy atom. The Hall–Kier alpha value is -3.21. The highest BCUT2D eigenvalue weighted by Crippen LogP contribution is 2.23. The summed E-state index contributed by atoms with van der Waals surface area (Å²) in [4.78, 5) is 23.9. The summed E-state index contributed by atoms with van der Waals surface area (Å²) in [5.41, 5.74) is 5.45. The molecule has 0 unspecified atom stereocenters. The Morgan fingerprint density at radius 2 is 2.21 bits per heavy atom. The van der Waals surface area contributed by atoms with Gasteiger partial charge in [-0.05, 0) is 24.6 Å². The van der Waals surface area contributed by atoms with Gasteiger partial charge in [-0.15, -0.1) is 11.3 Å². The second-order valence-electron chi connectivity index (χ2n) is 7.56. The number of nitrogens with one attached hydrogen (secondary N) is 3. The van der Waals surface area contributed by atoms with Crippen LogP contribution in [-0.2, 0) is 11.3 Å². The van der Waals surface area contributed by atoms with Crippen LogP contribution in [0.15, 0.2) is 52.3 Å². The van der Waals surface area contributed by atoms with E-state index in [9.17, 15) is 0 Å². The lowest BCUT2D eigenvalue weighted by molar-refractivity contribution is 0.0668. The number of imidazole rings is 1. The number of morpholine rings is 1. The monoisotopic (exact) mass is 498 g/mol. The SMILES string of the molecule is C=C/C(=C(\NCc1nc2cc(Cl)c(C)cc2[nH]1)NC(=NC=NC)N1CCOCC1)c1cncs1. The molecule has 3 heterocycles. The number of nitrogens with zero attached hydrogens (tertiary/aromatic N) is 5. The van der Waals surface area contributed by atoms with Crippen LogP contribution < -0.4 is 10.6 Å². The molecule has 11 heteroatoms. The molecule has 0 bridgehead atoms. The highest BCUT2D eigenvalue weighted by atomic mass is 35.5. The van der Waals surface area contributed by atoms with Crippen molar-refractivity contribution in [1.82, 2.24) is 30.5 Å². The molecule has 0 amide bonds. The van der Waals surface area contributed by atoms with Crippen LogP contribution in [-0.4, -0.2) is 65.5 Å². The number of hydrogen-bond donors (Lipinski definition) is 3. The first kappa shape index (κ1) is 23.9. The minimum absolute atomic E-state index is 0.447. The maximum atomic E-state index is 6.27. The van der Waals surface area contributed by atoms with E-state index in [-0.39, 0.29) is 0 Å². The van der Waals surface area contributed by atoms with Gasteiger partial charge in [0.05, 0.1) is 41.2 Å². The van der Waals surface area contributed by atoms with E-state index in [0.717, 1.165) is 51.8 Å². The zero-order valence-electron chi connectivity index (χ0n) is 19.1. The number of allylic oxidation sites excluding steroid dienone is 2. The van der Waals surface area contributed by atoms with E-state index in [1.807, 2.05) is 25.3 Å². The molecule has 0 aliphatic carbocycles. The van der Waals surface area contributed by atoms with Crippen molar-refractivity contribution >= 4 is 51.8 Å². The summed E-state index contributed by atoms with van der Waals surface area (Å²) in [5, 5.41) is 7.64. The number of aliphatic imine (C=N–C) groups is 2. The molecule has 34 heavy (non-hydrogen) atoms. The van der Waals surface area contributed by atoms with E-state index in [4.69, 9.17) is 16.3 Å². The number of halogens is 1. The standard InChI is InChI=1S/C23H27ClN8OS/c1-4-16(20-11-26-14-34-20)22(31-23(28-13-25-3)32-5-7-33-8-6-32)27-12-21-29-18-9-15(2)17(24)10-19(18)30-21/h4,9-11,13-14,27H,1,5-8,12H2,2-3H3,(H,29,30)(H,25,28,31)/b22-16-. The number of fused-ring (bicyclic) bond motifs is 1. The molecule has 0 radical (unpaired) electrons. The van der Waals surface area contributed by atoms with Crippen molar-refractivity contribution in [3.8, 4) is 0 Å². The van der Waals surface area contributed by atoms with E-state index in [1.165, 1.54) is 17.7 Å². The number of benzene rings is 1. The molecule has 1 aliphatic heterocycles. The van der Waals surface area contributed by atoms with Gasteiger partial charge < -0.3 is 25.3 Å². The minimum Gasteiger partial charge on any atom is -0.378 e. The van der Waals surface area contributed by atoms with Gasteiger partial charge in [0, 0.05) is 36.9 Å². The summed E-state index contributed by atoms with van der Waals surface area (Å²) < 4.78 is 5.51. The smallest absolute Gasteiger partial charge is 0.205 e. The van der Waals surface area contributed by atoms with Crippen LogP contribution in [0.1, 0.15) is 16.3 Å². The van der Waals surface area contributed by atoms with E-state index in [1.54, 1.807) is 18.6 Å². The van der Waals surface area contributed by atoms with Crippen molar-refractivity contribution < 1.29 is 4.74 Å². The predicted molar refractivity (Wildman–Crippen MR) is 139 cm³/mol. The molecule has 1 saturated heterocycles. The summed E-state index contributed by atoms with van der Waals surface area (Å²) in [5.74, 6) is 2.19. The Bertz CT molecular complexity index is 1190. The molecule has 1 fully saturated rings. The summed E-state index contributed by atoms with van der Waals surface area (Å²) >= 11 is 7.81. The number of thiazole rings is 1. The highest BCUT2D eigenvalue weighted by molar-refractivity contribution is 7.10. The first-order valence-electron chi connectivity index (χ1n) is 10.8. The van der Waals surface area contributed by atoms with Crippen LogP contribution in [0.2, 0.25) is 5.02 Å². The summed E-state index contributed by atoms with van der Waals surface area (Å²) in [7, 11) is 1.69. The minimum atomic E-state index is 0.447. The van der Waals surface area contributed by atoms with E-state index < -0.39 is 0 Å². The van der Waals surface area contributed by atoms with Crippen molar-refractivity contribution in [2.75, 3.05) is 33.4 Å². The van der Waals surface area contributed by atoms with Crippen LogP contribution >= 0.6 is 22.9 Å². The number of guanidine groups is 1. The fourth-order valence-electron chi connectivity index (χ4n) is 3.52. The molecule has 0 atom stereocenters. The Labute approximate surface area is 207 Å². The molecule has 9 nitrogen and oxygen atoms in total. The van der Waals surface area contributed by atoms with Crippen molar-refractivity contribution in [3.63, 3.8) is 0 Å². The molecule has 1 aliphatic rings. The number of aryl methyl sites for hydroxylation is 1. The molecule has 3 aromatic rings. The number of aromatic amines is 1. The lowest BCUT2D eigenvalue weighted by atomic mass is 10.2. The predicted octanol–water partition coefficient (Wildman–Crippen LogP) is 3.56. The van der Waals surface area contributed by atoms with Crippen LogP contribution in [0.3, 0.4) is 0 Å². The van der Waals surface area contributed by atoms with Gasteiger partial charge in [-0.25, -0.2) is 9.98 Å². The molecule has 2 aromatic heterocycles. The van der Waals surface area contributed by atoms with Gasteiger partial charge in [0.25, 0.3) is 0 Å². The maximum absolute atomic E-state index is 6.27. The zero-order chi connectivity index (χ0) is 23.9. The quantitative estimate of drug-likeness (QED) is 0.261. The normalized spacial score (nSPS) is 15.6. The van der Waals surface area contributed by atoms with Gasteiger partial charge >= 0.3 is 0 Å². The van der Waals surface area contributed by atoms with Crippen molar-refractivity contribution in [2.24, 2.45) is 9.98 Å². The first-order valence-corrected chi connectivity index (χ1v) is 12.1. The number of hydrogen-bond acceptors (Lipinski definition) is 6. The number of rotatable bonds is 7. The summed E-state index contributed by atoms with van der Waals surface area (Å²) in [6, 6.07) is 3.88. The average Bonchev–Trinajstić information content (AvgIpc) is 3.51. The van der Waals surface area contributed by atoms with Crippen LogP contribution in [0.4, 0.5) is 0 Å². The number of ether oxygens (including phenoxy) is 1. The maximum Gasteiger partial charge on any atom is 0.205 e. The van der Waals surface area contributed by atoms with E-state index >= 15 is 0 Å². The first-order chi connectivity index (χ1) is 16.6. The van der Waals surface area contributed by atoms with Crippen LogP contribution in [0.25, 0.3) is 16.6 Å². The Balaban J connectivity index is 1.65. The molecule has 1 aromatic carbocycles. The second kappa shape index (κ2) is 11.3. The number of aromatic nitrogens is 3. The topological polar surface area (TPSA) is 103 Å². The van der Waals surface area contributed by atoms with Crippen LogP contribution in [0, 0.1) is 6.92 Å². The molecule has 0 saturated carbocycles.